The molecule has 3 nitrogen and oxygen atoms in total. The van der Waals surface area contributed by atoms with Crippen molar-refractivity contribution in [3.05, 3.63) is 34.9 Å². The third kappa shape index (κ3) is 4.25. The van der Waals surface area contributed by atoms with Gasteiger partial charge in [0.15, 0.2) is 0 Å². The molecule has 0 atom stereocenters. The van der Waals surface area contributed by atoms with E-state index < -0.39 is 0 Å². The molecule has 0 aliphatic heterocycles. The average Bonchev–Trinajstić information content (AvgIpc) is 2.12. The molecular weight excluding hydrogens is 200 g/mol. The van der Waals surface area contributed by atoms with E-state index in [0.717, 1.165) is 10.6 Å². The quantitative estimate of drug-likeness (QED) is 0.723. The van der Waals surface area contributed by atoms with Crippen LogP contribution in [-0.2, 0) is 11.3 Å². The van der Waals surface area contributed by atoms with Crippen LogP contribution < -0.4 is 11.1 Å². The molecule has 0 aliphatic carbocycles. The fourth-order valence-corrected chi connectivity index (χ4v) is 1.30. The highest BCUT2D eigenvalue weighted by atomic mass is 35.5. The minimum Gasteiger partial charge on any atom is -0.370 e. The van der Waals surface area contributed by atoms with E-state index in [9.17, 15) is 4.79 Å². The minimum atomic E-state index is -0.288. The molecule has 0 fully saturated rings. The Hall–Kier alpha value is -1.06. The molecule has 1 aromatic carbocycles. The van der Waals surface area contributed by atoms with E-state index in [2.05, 4.69) is 5.32 Å². The predicted molar refractivity (Wildman–Crippen MR) is 57.0 cm³/mol. The third-order valence-corrected chi connectivity index (χ3v) is 2.00. The monoisotopic (exact) mass is 212 g/mol. The first-order chi connectivity index (χ1) is 6.68. The van der Waals surface area contributed by atoms with Crippen molar-refractivity contribution in [1.29, 1.82) is 0 Å². The number of primary amides is 1. The van der Waals surface area contributed by atoms with Crippen LogP contribution in [0, 0.1) is 0 Å². The van der Waals surface area contributed by atoms with Crippen LogP contribution in [0.5, 0.6) is 0 Å². The van der Waals surface area contributed by atoms with E-state index in [1.807, 2.05) is 24.3 Å². The Kier molecular flexibility index (Phi) is 4.43. The number of hydrogen-bond donors (Lipinski definition) is 2. The number of carbonyl (C=O) groups is 1. The summed E-state index contributed by atoms with van der Waals surface area (Å²) in [6.07, 6.45) is 0.362. The maximum atomic E-state index is 10.4. The molecule has 0 saturated carbocycles. The van der Waals surface area contributed by atoms with Crippen molar-refractivity contribution in [1.82, 2.24) is 5.32 Å². The number of nitrogens with two attached hydrogens (primary N) is 1. The van der Waals surface area contributed by atoms with E-state index in [1.165, 1.54) is 0 Å². The number of rotatable bonds is 5. The van der Waals surface area contributed by atoms with Crippen LogP contribution in [-0.4, -0.2) is 12.5 Å². The Morgan fingerprint density at radius 2 is 2.29 bits per heavy atom. The Balaban J connectivity index is 2.28. The summed E-state index contributed by atoms with van der Waals surface area (Å²) in [5.74, 6) is -0.288. The first kappa shape index (κ1) is 11.0. The van der Waals surface area contributed by atoms with Gasteiger partial charge in [0.25, 0.3) is 0 Å². The Morgan fingerprint density at radius 1 is 1.50 bits per heavy atom. The van der Waals surface area contributed by atoms with Gasteiger partial charge < -0.3 is 11.1 Å². The number of benzene rings is 1. The molecule has 0 aromatic heterocycles. The van der Waals surface area contributed by atoms with Crippen LogP contribution in [0.4, 0.5) is 0 Å². The summed E-state index contributed by atoms with van der Waals surface area (Å²) in [5.41, 5.74) is 6.10. The van der Waals surface area contributed by atoms with Gasteiger partial charge in [0.1, 0.15) is 0 Å². The van der Waals surface area contributed by atoms with Crippen LogP contribution in [0.2, 0.25) is 5.02 Å². The highest BCUT2D eigenvalue weighted by Gasteiger charge is 1.95. The van der Waals surface area contributed by atoms with Gasteiger partial charge in [-0.05, 0) is 17.7 Å². The van der Waals surface area contributed by atoms with E-state index >= 15 is 0 Å². The van der Waals surface area contributed by atoms with Crippen molar-refractivity contribution in [2.45, 2.75) is 13.0 Å². The molecule has 76 valence electrons. The highest BCUT2D eigenvalue weighted by molar-refractivity contribution is 6.30. The molecular formula is C10H13ClN2O. The summed E-state index contributed by atoms with van der Waals surface area (Å²) in [6, 6.07) is 7.59. The zero-order valence-corrected chi connectivity index (χ0v) is 8.55. The van der Waals surface area contributed by atoms with E-state index in [1.54, 1.807) is 0 Å². The van der Waals surface area contributed by atoms with E-state index in [0.29, 0.717) is 19.5 Å². The van der Waals surface area contributed by atoms with Gasteiger partial charge in [0.05, 0.1) is 0 Å². The molecule has 0 bridgehead atoms. The number of halogens is 1. The number of hydrogen-bond acceptors (Lipinski definition) is 2. The van der Waals surface area contributed by atoms with Crippen molar-refractivity contribution in [3.63, 3.8) is 0 Å². The van der Waals surface area contributed by atoms with Crippen molar-refractivity contribution in [2.75, 3.05) is 6.54 Å². The smallest absolute Gasteiger partial charge is 0.218 e. The van der Waals surface area contributed by atoms with Gasteiger partial charge in [-0.15, -0.1) is 0 Å². The van der Waals surface area contributed by atoms with Gasteiger partial charge in [0.2, 0.25) is 5.91 Å². The molecule has 0 saturated heterocycles. The molecule has 0 unspecified atom stereocenters. The molecule has 0 radical (unpaired) electrons. The first-order valence-electron chi connectivity index (χ1n) is 4.42. The van der Waals surface area contributed by atoms with Crippen molar-refractivity contribution in [2.24, 2.45) is 5.73 Å². The second kappa shape index (κ2) is 5.62. The van der Waals surface area contributed by atoms with E-state index in [4.69, 9.17) is 17.3 Å². The highest BCUT2D eigenvalue weighted by Crippen LogP contribution is 2.09. The zero-order valence-electron chi connectivity index (χ0n) is 7.79. The largest absolute Gasteiger partial charge is 0.370 e. The van der Waals surface area contributed by atoms with Gasteiger partial charge >= 0.3 is 0 Å². The Labute approximate surface area is 88.2 Å². The van der Waals surface area contributed by atoms with Crippen LogP contribution in [0.1, 0.15) is 12.0 Å². The Bertz CT molecular complexity index is 315. The molecule has 0 heterocycles. The number of carbonyl (C=O) groups excluding carboxylic acids is 1. The van der Waals surface area contributed by atoms with Gasteiger partial charge in [-0.2, -0.15) is 0 Å². The van der Waals surface area contributed by atoms with Crippen LogP contribution in [0.3, 0.4) is 0 Å². The standard InChI is InChI=1S/C10H13ClN2O/c11-9-3-1-2-8(6-9)7-13-5-4-10(12)14/h1-3,6,13H,4-5,7H2,(H2,12,14). The van der Waals surface area contributed by atoms with Crippen molar-refractivity contribution >= 4 is 17.5 Å². The van der Waals surface area contributed by atoms with Gasteiger partial charge in [-0.1, -0.05) is 23.7 Å². The lowest BCUT2D eigenvalue weighted by atomic mass is 10.2. The lowest BCUT2D eigenvalue weighted by molar-refractivity contribution is -0.117. The van der Waals surface area contributed by atoms with Crippen LogP contribution in [0.15, 0.2) is 24.3 Å². The summed E-state index contributed by atoms with van der Waals surface area (Å²) in [7, 11) is 0. The topological polar surface area (TPSA) is 55.1 Å². The van der Waals surface area contributed by atoms with Gasteiger partial charge in [0, 0.05) is 24.5 Å². The summed E-state index contributed by atoms with van der Waals surface area (Å²) in [4.78, 5) is 10.4. The van der Waals surface area contributed by atoms with Crippen molar-refractivity contribution < 1.29 is 4.79 Å². The third-order valence-electron chi connectivity index (χ3n) is 1.77. The maximum Gasteiger partial charge on any atom is 0.218 e. The molecule has 1 rings (SSSR count). The summed E-state index contributed by atoms with van der Waals surface area (Å²) in [5, 5.41) is 3.82. The molecule has 3 N–H and O–H groups in total. The summed E-state index contributed by atoms with van der Waals surface area (Å²) >= 11 is 5.81. The fraction of sp³-hybridized carbons (Fsp3) is 0.300. The molecule has 0 aliphatic rings. The zero-order chi connectivity index (χ0) is 10.4. The van der Waals surface area contributed by atoms with Crippen LogP contribution >= 0.6 is 11.6 Å². The first-order valence-corrected chi connectivity index (χ1v) is 4.80. The summed E-state index contributed by atoms with van der Waals surface area (Å²) in [6.45, 7) is 1.30. The lowest BCUT2D eigenvalue weighted by Crippen LogP contribution is -2.21. The SMILES string of the molecule is NC(=O)CCNCc1cccc(Cl)c1. The molecule has 1 aromatic rings. The predicted octanol–water partition coefficient (Wildman–Crippen LogP) is 1.30. The molecule has 14 heavy (non-hydrogen) atoms. The molecule has 0 spiro atoms. The van der Waals surface area contributed by atoms with Crippen LogP contribution in [0.25, 0.3) is 0 Å². The lowest BCUT2D eigenvalue weighted by Gasteiger charge is -2.03. The number of amides is 1. The fourth-order valence-electron chi connectivity index (χ4n) is 1.09. The second-order valence-electron chi connectivity index (χ2n) is 3.02. The van der Waals surface area contributed by atoms with Gasteiger partial charge in [-0.25, -0.2) is 0 Å². The number of nitrogens with one attached hydrogen (secondary N) is 1. The second-order valence-corrected chi connectivity index (χ2v) is 3.46. The Morgan fingerprint density at radius 3 is 2.93 bits per heavy atom. The van der Waals surface area contributed by atoms with Crippen molar-refractivity contribution in [3.8, 4) is 0 Å². The normalized spacial score (nSPS) is 10.1. The van der Waals surface area contributed by atoms with Gasteiger partial charge in [-0.3, -0.25) is 4.79 Å². The minimum absolute atomic E-state index is 0.288. The van der Waals surface area contributed by atoms with E-state index in [-0.39, 0.29) is 5.91 Å². The summed E-state index contributed by atoms with van der Waals surface area (Å²) < 4.78 is 0. The molecule has 4 heteroatoms. The maximum absolute atomic E-state index is 10.4. The average molecular weight is 213 g/mol. The molecule has 1 amide bonds.